The van der Waals surface area contributed by atoms with Gasteiger partial charge in [0, 0.05) is 42.1 Å². The Hall–Kier alpha value is -2.93. The fourth-order valence-corrected chi connectivity index (χ4v) is 3.99. The summed E-state index contributed by atoms with van der Waals surface area (Å²) >= 11 is 3.48. The van der Waals surface area contributed by atoms with E-state index in [2.05, 4.69) is 30.8 Å². The molecule has 7 heteroatoms. The fraction of sp³-hybridized carbons (Fsp3) is 0.227. The summed E-state index contributed by atoms with van der Waals surface area (Å²) < 4.78 is 2.91. The van der Waals surface area contributed by atoms with Gasteiger partial charge in [0.15, 0.2) is 0 Å². The quantitative estimate of drug-likeness (QED) is 0.635. The SMILES string of the molecule is Cc1nccn1Cc1ccc(NC(=O)C2CC(=O)N(c3ccccc3Br)C2)cc1. The largest absolute Gasteiger partial charge is 0.331 e. The second-order valence-electron chi connectivity index (χ2n) is 7.15. The Morgan fingerprint density at radius 3 is 2.66 bits per heavy atom. The fourth-order valence-electron chi connectivity index (χ4n) is 3.49. The van der Waals surface area contributed by atoms with Crippen molar-refractivity contribution in [2.75, 3.05) is 16.8 Å². The Labute approximate surface area is 177 Å². The summed E-state index contributed by atoms with van der Waals surface area (Å²) in [7, 11) is 0. The molecule has 1 fully saturated rings. The molecule has 3 aromatic rings. The smallest absolute Gasteiger partial charge is 0.229 e. The zero-order valence-electron chi connectivity index (χ0n) is 16.0. The van der Waals surface area contributed by atoms with E-state index in [4.69, 9.17) is 0 Å². The standard InChI is InChI=1S/C22H21BrN4O2/c1-15-24-10-11-26(15)13-16-6-8-18(9-7-16)25-22(29)17-12-21(28)27(14-17)20-5-3-2-4-19(20)23/h2-11,17H,12-14H2,1H3,(H,25,29). The topological polar surface area (TPSA) is 67.2 Å². The number of nitrogens with zero attached hydrogens (tertiary/aromatic N) is 3. The van der Waals surface area contributed by atoms with Crippen LogP contribution in [0.2, 0.25) is 0 Å². The highest BCUT2D eigenvalue weighted by Crippen LogP contribution is 2.31. The first-order chi connectivity index (χ1) is 14.0. The summed E-state index contributed by atoms with van der Waals surface area (Å²) in [5, 5.41) is 2.94. The molecule has 1 saturated heterocycles. The Morgan fingerprint density at radius 2 is 1.97 bits per heavy atom. The number of carbonyl (C=O) groups is 2. The van der Waals surface area contributed by atoms with Crippen molar-refractivity contribution in [2.45, 2.75) is 19.9 Å². The van der Waals surface area contributed by atoms with Gasteiger partial charge in [-0.2, -0.15) is 0 Å². The highest BCUT2D eigenvalue weighted by atomic mass is 79.9. The summed E-state index contributed by atoms with van der Waals surface area (Å²) in [5.41, 5.74) is 2.65. The number of rotatable bonds is 5. The average molecular weight is 453 g/mol. The van der Waals surface area contributed by atoms with Crippen LogP contribution in [0.1, 0.15) is 17.8 Å². The molecule has 0 bridgehead atoms. The minimum absolute atomic E-state index is 0.0388. The van der Waals surface area contributed by atoms with Gasteiger partial charge in [-0.15, -0.1) is 0 Å². The normalized spacial score (nSPS) is 16.3. The molecule has 1 aliphatic heterocycles. The first-order valence-corrected chi connectivity index (χ1v) is 10.2. The molecular formula is C22H21BrN4O2. The van der Waals surface area contributed by atoms with E-state index in [9.17, 15) is 9.59 Å². The van der Waals surface area contributed by atoms with Crippen molar-refractivity contribution in [1.82, 2.24) is 9.55 Å². The molecule has 6 nitrogen and oxygen atoms in total. The maximum atomic E-state index is 12.7. The average Bonchev–Trinajstić information content (AvgIpc) is 3.29. The van der Waals surface area contributed by atoms with Crippen LogP contribution in [0.3, 0.4) is 0 Å². The number of aromatic nitrogens is 2. The second kappa shape index (κ2) is 8.21. The van der Waals surface area contributed by atoms with Crippen LogP contribution in [0, 0.1) is 12.8 Å². The van der Waals surface area contributed by atoms with Gasteiger partial charge in [0.2, 0.25) is 11.8 Å². The summed E-state index contributed by atoms with van der Waals surface area (Å²) in [6.07, 6.45) is 3.94. The van der Waals surface area contributed by atoms with Crippen molar-refractivity contribution in [3.63, 3.8) is 0 Å². The van der Waals surface area contributed by atoms with E-state index >= 15 is 0 Å². The van der Waals surface area contributed by atoms with Gasteiger partial charge in [-0.3, -0.25) is 9.59 Å². The number of nitrogens with one attached hydrogen (secondary N) is 1. The van der Waals surface area contributed by atoms with Gasteiger partial charge < -0.3 is 14.8 Å². The Balaban J connectivity index is 1.39. The number of hydrogen-bond acceptors (Lipinski definition) is 3. The summed E-state index contributed by atoms with van der Waals surface area (Å²) in [6.45, 7) is 3.08. The molecule has 0 saturated carbocycles. The molecule has 1 atom stereocenters. The number of halogens is 1. The van der Waals surface area contributed by atoms with Crippen LogP contribution in [0.25, 0.3) is 0 Å². The van der Waals surface area contributed by atoms with Crippen molar-refractivity contribution in [3.05, 3.63) is 76.8 Å². The number of aryl methyl sites for hydroxylation is 1. The number of amides is 2. The molecule has 1 aromatic heterocycles. The van der Waals surface area contributed by atoms with E-state index in [-0.39, 0.29) is 24.2 Å². The van der Waals surface area contributed by atoms with Crippen LogP contribution < -0.4 is 10.2 Å². The highest BCUT2D eigenvalue weighted by Gasteiger charge is 2.35. The molecule has 1 unspecified atom stereocenters. The first-order valence-electron chi connectivity index (χ1n) is 9.43. The van der Waals surface area contributed by atoms with Crippen LogP contribution in [-0.4, -0.2) is 27.9 Å². The zero-order chi connectivity index (χ0) is 20.4. The predicted molar refractivity (Wildman–Crippen MR) is 116 cm³/mol. The molecule has 1 N–H and O–H groups in total. The number of imidazole rings is 1. The Morgan fingerprint density at radius 1 is 1.21 bits per heavy atom. The zero-order valence-corrected chi connectivity index (χ0v) is 17.6. The molecular weight excluding hydrogens is 432 g/mol. The number of para-hydroxylation sites is 1. The van der Waals surface area contributed by atoms with E-state index in [1.165, 1.54) is 0 Å². The van der Waals surface area contributed by atoms with E-state index in [0.29, 0.717) is 6.54 Å². The van der Waals surface area contributed by atoms with E-state index in [1.54, 1.807) is 11.1 Å². The number of carbonyl (C=O) groups excluding carboxylic acids is 2. The number of benzene rings is 2. The lowest BCUT2D eigenvalue weighted by atomic mass is 10.1. The maximum absolute atomic E-state index is 12.7. The van der Waals surface area contributed by atoms with Crippen LogP contribution >= 0.6 is 15.9 Å². The third kappa shape index (κ3) is 4.24. The van der Waals surface area contributed by atoms with Crippen molar-refractivity contribution in [2.24, 2.45) is 5.92 Å². The molecule has 148 valence electrons. The van der Waals surface area contributed by atoms with Gasteiger partial charge in [0.05, 0.1) is 11.6 Å². The minimum atomic E-state index is -0.372. The van der Waals surface area contributed by atoms with Crippen LogP contribution in [-0.2, 0) is 16.1 Å². The molecule has 1 aliphatic rings. The summed E-state index contributed by atoms with van der Waals surface area (Å²) in [5.74, 6) is 0.417. The number of anilines is 2. The molecule has 2 aromatic carbocycles. The summed E-state index contributed by atoms with van der Waals surface area (Å²) in [4.78, 5) is 31.0. The lowest BCUT2D eigenvalue weighted by molar-refractivity contribution is -0.122. The molecule has 4 rings (SSSR count). The van der Waals surface area contributed by atoms with Gasteiger partial charge in [0.25, 0.3) is 0 Å². The third-order valence-corrected chi connectivity index (χ3v) is 5.81. The van der Waals surface area contributed by atoms with E-state index < -0.39 is 0 Å². The molecule has 0 aliphatic carbocycles. The highest BCUT2D eigenvalue weighted by molar-refractivity contribution is 9.10. The molecule has 0 spiro atoms. The lowest BCUT2D eigenvalue weighted by Crippen LogP contribution is -2.28. The van der Waals surface area contributed by atoms with E-state index in [0.717, 1.165) is 33.8 Å². The molecule has 29 heavy (non-hydrogen) atoms. The van der Waals surface area contributed by atoms with Crippen molar-refractivity contribution in [3.8, 4) is 0 Å². The van der Waals surface area contributed by atoms with Gasteiger partial charge in [0.1, 0.15) is 5.82 Å². The number of hydrogen-bond donors (Lipinski definition) is 1. The van der Waals surface area contributed by atoms with Crippen LogP contribution in [0.15, 0.2) is 65.4 Å². The molecule has 2 heterocycles. The van der Waals surface area contributed by atoms with Crippen molar-refractivity contribution in [1.29, 1.82) is 0 Å². The van der Waals surface area contributed by atoms with Crippen LogP contribution in [0.5, 0.6) is 0 Å². The molecule has 0 radical (unpaired) electrons. The van der Waals surface area contributed by atoms with Gasteiger partial charge in [-0.05, 0) is 52.7 Å². The van der Waals surface area contributed by atoms with Gasteiger partial charge >= 0.3 is 0 Å². The predicted octanol–water partition coefficient (Wildman–Crippen LogP) is 3.99. The minimum Gasteiger partial charge on any atom is -0.331 e. The van der Waals surface area contributed by atoms with Crippen molar-refractivity contribution < 1.29 is 9.59 Å². The lowest BCUT2D eigenvalue weighted by Gasteiger charge is -2.18. The first kappa shape index (κ1) is 19.4. The van der Waals surface area contributed by atoms with E-state index in [1.807, 2.05) is 61.7 Å². The second-order valence-corrected chi connectivity index (χ2v) is 8.00. The van der Waals surface area contributed by atoms with Gasteiger partial charge in [-0.1, -0.05) is 24.3 Å². The molecule has 2 amide bonds. The third-order valence-electron chi connectivity index (χ3n) is 5.14. The van der Waals surface area contributed by atoms with Crippen molar-refractivity contribution >= 4 is 39.1 Å². The Bertz CT molecular complexity index is 1040. The van der Waals surface area contributed by atoms with Crippen LogP contribution in [0.4, 0.5) is 11.4 Å². The monoisotopic (exact) mass is 452 g/mol. The Kier molecular flexibility index (Phi) is 5.49. The maximum Gasteiger partial charge on any atom is 0.229 e. The van der Waals surface area contributed by atoms with Gasteiger partial charge in [-0.25, -0.2) is 4.98 Å². The summed E-state index contributed by atoms with van der Waals surface area (Å²) in [6, 6.07) is 15.3.